The average molecular weight is 530 g/mol. The molecule has 10 nitrogen and oxygen atoms in total. The Morgan fingerprint density at radius 2 is 1.66 bits per heavy atom. The largest absolute Gasteiger partial charge is 0.618 e. The van der Waals surface area contributed by atoms with Gasteiger partial charge in [-0.1, -0.05) is 6.92 Å². The van der Waals surface area contributed by atoms with Crippen molar-refractivity contribution in [1.82, 2.24) is 29.9 Å². The Balaban J connectivity index is 1.43. The van der Waals surface area contributed by atoms with Crippen LogP contribution in [0.3, 0.4) is 0 Å². The monoisotopic (exact) mass is 529 g/mol. The first kappa shape index (κ1) is 21.2. The Kier molecular flexibility index (Phi) is 5.10. The molecule has 35 heavy (non-hydrogen) atoms. The molecule has 0 saturated carbocycles. The fraction of sp³-hybridized carbons (Fsp3) is 0.0833. The van der Waals surface area contributed by atoms with E-state index in [2.05, 4.69) is 45.8 Å². The van der Waals surface area contributed by atoms with Gasteiger partial charge < -0.3 is 19.7 Å². The lowest BCUT2D eigenvalue weighted by molar-refractivity contribution is -0.577. The molecular formula is C24H16BrN7O3. The van der Waals surface area contributed by atoms with Crippen LogP contribution in [0.5, 0.6) is 23.4 Å². The molecule has 0 aliphatic carbocycles. The number of halogens is 1. The predicted octanol–water partition coefficient (Wildman–Crippen LogP) is 4.99. The molecule has 4 aromatic heterocycles. The molecule has 0 saturated heterocycles. The first-order valence-electron chi connectivity index (χ1n) is 10.7. The van der Waals surface area contributed by atoms with Gasteiger partial charge in [0.15, 0.2) is 6.20 Å². The molecule has 0 amide bonds. The number of fused-ring (bicyclic) bond motifs is 3. The lowest BCUT2D eigenvalue weighted by atomic mass is 10.3. The third kappa shape index (κ3) is 3.85. The fourth-order valence-corrected chi connectivity index (χ4v) is 4.49. The number of hydrogen-bond donors (Lipinski definition) is 1. The van der Waals surface area contributed by atoms with Crippen LogP contribution >= 0.6 is 15.9 Å². The van der Waals surface area contributed by atoms with Gasteiger partial charge in [0, 0.05) is 36.3 Å². The number of nitrogens with zero attached hydrogens (tertiary/aromatic N) is 6. The van der Waals surface area contributed by atoms with Gasteiger partial charge in [0.2, 0.25) is 11.4 Å². The van der Waals surface area contributed by atoms with Gasteiger partial charge in [-0.15, -0.1) is 0 Å². The smallest absolute Gasteiger partial charge is 0.327 e. The molecule has 6 rings (SSSR count). The zero-order chi connectivity index (χ0) is 23.9. The summed E-state index contributed by atoms with van der Waals surface area (Å²) in [6.07, 6.45) is 6.80. The number of hydrogen-bond acceptors (Lipinski definition) is 8. The van der Waals surface area contributed by atoms with Crippen LogP contribution in [-0.2, 0) is 6.42 Å². The van der Waals surface area contributed by atoms with Crippen LogP contribution in [0.15, 0.2) is 65.7 Å². The van der Waals surface area contributed by atoms with Gasteiger partial charge in [0.1, 0.15) is 22.7 Å². The molecule has 0 atom stereocenters. The summed E-state index contributed by atoms with van der Waals surface area (Å²) in [7, 11) is 0. The minimum atomic E-state index is 0.0785. The van der Waals surface area contributed by atoms with Gasteiger partial charge in [-0.25, -0.2) is 4.98 Å². The van der Waals surface area contributed by atoms with Crippen molar-refractivity contribution in [2.24, 2.45) is 0 Å². The third-order valence-corrected chi connectivity index (χ3v) is 6.30. The summed E-state index contributed by atoms with van der Waals surface area (Å²) in [5.74, 6) is 1.29. The van der Waals surface area contributed by atoms with E-state index in [9.17, 15) is 5.21 Å². The molecule has 0 bridgehead atoms. The third-order valence-electron chi connectivity index (χ3n) is 5.43. The van der Waals surface area contributed by atoms with Gasteiger partial charge in [0.25, 0.3) is 0 Å². The van der Waals surface area contributed by atoms with E-state index in [1.165, 1.54) is 12.4 Å². The van der Waals surface area contributed by atoms with E-state index in [0.717, 1.165) is 26.8 Å². The molecule has 6 aromatic rings. The van der Waals surface area contributed by atoms with Gasteiger partial charge in [-0.2, -0.15) is 14.7 Å². The summed E-state index contributed by atoms with van der Waals surface area (Å²) in [5, 5.41) is 12.6. The van der Waals surface area contributed by atoms with E-state index in [4.69, 9.17) is 9.47 Å². The molecule has 0 fully saturated rings. The molecule has 2 aromatic carbocycles. The van der Waals surface area contributed by atoms with Crippen LogP contribution < -0.4 is 14.2 Å². The number of H-pyrrole nitrogens is 1. The van der Waals surface area contributed by atoms with Crippen LogP contribution in [0.25, 0.3) is 33.1 Å². The van der Waals surface area contributed by atoms with Gasteiger partial charge in [0.05, 0.1) is 27.1 Å². The Morgan fingerprint density at radius 3 is 2.51 bits per heavy atom. The van der Waals surface area contributed by atoms with Crippen molar-refractivity contribution < 1.29 is 14.2 Å². The molecule has 172 valence electrons. The maximum Gasteiger partial charge on any atom is 0.327 e. The van der Waals surface area contributed by atoms with Crippen LogP contribution in [0.4, 0.5) is 0 Å². The zero-order valence-electron chi connectivity index (χ0n) is 18.3. The van der Waals surface area contributed by atoms with Crippen molar-refractivity contribution in [3.63, 3.8) is 0 Å². The number of ether oxygens (including phenoxy) is 2. The molecule has 11 heteroatoms. The predicted molar refractivity (Wildman–Crippen MR) is 131 cm³/mol. The second kappa shape index (κ2) is 8.44. The highest BCUT2D eigenvalue weighted by atomic mass is 79.9. The fourth-order valence-electron chi connectivity index (χ4n) is 3.76. The van der Waals surface area contributed by atoms with Gasteiger partial charge in [-0.05, 0) is 40.5 Å². The van der Waals surface area contributed by atoms with Crippen LogP contribution in [0.2, 0.25) is 0 Å². The highest BCUT2D eigenvalue weighted by Crippen LogP contribution is 2.38. The second-order valence-corrected chi connectivity index (χ2v) is 8.41. The van der Waals surface area contributed by atoms with Crippen molar-refractivity contribution in [2.45, 2.75) is 13.3 Å². The lowest BCUT2D eigenvalue weighted by Crippen LogP contribution is -2.26. The van der Waals surface area contributed by atoms with E-state index in [-0.39, 0.29) is 6.01 Å². The SMILES string of the molecule is CCc1[nH]c2nc(Oc3ccc4c(c3)ncc[n+]4[O-])nc(Oc3ccc4nccnc4c3)c2c1Br. The first-order valence-corrected chi connectivity index (χ1v) is 11.5. The molecule has 0 radical (unpaired) electrons. The van der Waals surface area contributed by atoms with E-state index in [1.807, 2.05) is 13.0 Å². The van der Waals surface area contributed by atoms with Crippen LogP contribution in [-0.4, -0.2) is 29.9 Å². The Hall–Kier alpha value is -4.38. The molecule has 1 N–H and O–H groups in total. The highest BCUT2D eigenvalue weighted by molar-refractivity contribution is 9.10. The summed E-state index contributed by atoms with van der Waals surface area (Å²) in [4.78, 5) is 25.2. The second-order valence-electron chi connectivity index (χ2n) is 7.62. The minimum absolute atomic E-state index is 0.0785. The number of nitrogens with one attached hydrogen (secondary N) is 1. The van der Waals surface area contributed by atoms with E-state index < -0.39 is 0 Å². The van der Waals surface area contributed by atoms with E-state index in [1.54, 1.807) is 42.7 Å². The maximum absolute atomic E-state index is 11.9. The minimum Gasteiger partial charge on any atom is -0.618 e. The topological polar surface area (TPSA) is 126 Å². The summed E-state index contributed by atoms with van der Waals surface area (Å²) >= 11 is 3.65. The molecule has 0 spiro atoms. The Labute approximate surface area is 206 Å². The first-order chi connectivity index (χ1) is 17.1. The summed E-state index contributed by atoms with van der Waals surface area (Å²) in [6, 6.07) is 10.5. The number of benzene rings is 2. The van der Waals surface area contributed by atoms with Crippen molar-refractivity contribution >= 4 is 49.0 Å². The van der Waals surface area contributed by atoms with Crippen molar-refractivity contribution in [1.29, 1.82) is 0 Å². The average Bonchev–Trinajstić information content (AvgIpc) is 3.19. The van der Waals surface area contributed by atoms with E-state index >= 15 is 0 Å². The van der Waals surface area contributed by atoms with Gasteiger partial charge in [-0.3, -0.25) is 9.97 Å². The maximum atomic E-state index is 11.9. The molecular weight excluding hydrogens is 514 g/mol. The van der Waals surface area contributed by atoms with Crippen molar-refractivity contribution in [3.8, 4) is 23.4 Å². The zero-order valence-corrected chi connectivity index (χ0v) is 19.9. The molecule has 0 aliphatic rings. The van der Waals surface area contributed by atoms with E-state index in [0.29, 0.717) is 45.0 Å². The van der Waals surface area contributed by atoms with Gasteiger partial charge >= 0.3 is 6.01 Å². The highest BCUT2D eigenvalue weighted by Gasteiger charge is 2.19. The quantitative estimate of drug-likeness (QED) is 0.244. The molecule has 0 unspecified atom stereocenters. The summed E-state index contributed by atoms with van der Waals surface area (Å²) in [6.45, 7) is 2.03. The molecule has 0 aliphatic heterocycles. The number of rotatable bonds is 5. The Bertz CT molecular complexity index is 1740. The number of aryl methyl sites for hydroxylation is 1. The standard InChI is InChI=1S/C24H16BrN7O3/c1-2-15-21(25)20-22(29-15)30-24(35-14-4-6-19-18(12-14)28-9-10-32(19)33)31-23(20)34-13-3-5-16-17(11-13)27-8-7-26-16/h3-12H,2H2,1H3,(H,29,30,31). The van der Waals surface area contributed by atoms with Crippen molar-refractivity contribution in [2.75, 3.05) is 0 Å². The van der Waals surface area contributed by atoms with Crippen molar-refractivity contribution in [3.05, 3.63) is 76.6 Å². The summed E-state index contributed by atoms with van der Waals surface area (Å²) in [5.41, 5.74) is 3.90. The normalized spacial score (nSPS) is 11.4. The lowest BCUT2D eigenvalue weighted by Gasteiger charge is -2.10. The number of aromatic nitrogens is 7. The van der Waals surface area contributed by atoms with Crippen LogP contribution in [0.1, 0.15) is 12.6 Å². The molecule has 4 heterocycles. The Morgan fingerprint density at radius 1 is 0.914 bits per heavy atom. The van der Waals surface area contributed by atoms with Crippen LogP contribution in [0, 0.1) is 5.21 Å². The summed E-state index contributed by atoms with van der Waals surface area (Å²) < 4.78 is 13.7. The number of aromatic amines is 1.